The summed E-state index contributed by atoms with van der Waals surface area (Å²) < 4.78 is 46.1. The van der Waals surface area contributed by atoms with Crippen molar-refractivity contribution in [2.45, 2.75) is 30.7 Å². The summed E-state index contributed by atoms with van der Waals surface area (Å²) in [7, 11) is -4.09. The molecule has 2 aromatic rings. The Morgan fingerprint density at radius 3 is 2.82 bits per heavy atom. The number of sulfonamides is 1. The number of rotatable bonds is 3. The van der Waals surface area contributed by atoms with Crippen LogP contribution in [0.1, 0.15) is 30.7 Å². The predicted octanol–water partition coefficient (Wildman–Crippen LogP) is 2.70. The van der Waals surface area contributed by atoms with Crippen LogP contribution in [0.15, 0.2) is 27.5 Å². The summed E-state index contributed by atoms with van der Waals surface area (Å²) >= 11 is 5.89. The molecule has 2 heterocycles. The van der Waals surface area contributed by atoms with Crippen LogP contribution in [0.25, 0.3) is 0 Å². The third-order valence-electron chi connectivity index (χ3n) is 3.52. The topological polar surface area (TPSA) is 76.3 Å². The van der Waals surface area contributed by atoms with Crippen molar-refractivity contribution >= 4 is 21.6 Å². The summed E-state index contributed by atoms with van der Waals surface area (Å²) in [5.41, 5.74) is 0. The first-order chi connectivity index (χ1) is 10.4. The summed E-state index contributed by atoms with van der Waals surface area (Å²) in [6.07, 6.45) is 1.16. The number of benzene rings is 1. The molecule has 1 fully saturated rings. The Labute approximate surface area is 131 Å². The lowest BCUT2D eigenvalue weighted by molar-refractivity contribution is 0.323. The normalized spacial score (nSPS) is 19.7. The number of nitrogens with zero attached hydrogens (tertiary/aromatic N) is 3. The molecule has 0 N–H and O–H groups in total. The maximum absolute atomic E-state index is 14.0. The van der Waals surface area contributed by atoms with Gasteiger partial charge in [0.05, 0.1) is 5.02 Å². The van der Waals surface area contributed by atoms with Crippen LogP contribution in [0.5, 0.6) is 0 Å². The standard InChI is InChI=1S/C13H13ClFN3O3S/c1-8-16-17-13(21-8)11-6-3-7-18(11)22(19,20)12-9(14)4-2-5-10(12)15/h2,4-5,11H,3,6-7H2,1H3. The van der Waals surface area contributed by atoms with E-state index in [-0.39, 0.29) is 17.5 Å². The van der Waals surface area contributed by atoms with Crippen LogP contribution >= 0.6 is 11.6 Å². The zero-order chi connectivity index (χ0) is 15.9. The third kappa shape index (κ3) is 2.51. The highest BCUT2D eigenvalue weighted by molar-refractivity contribution is 7.89. The van der Waals surface area contributed by atoms with Gasteiger partial charge in [0.25, 0.3) is 0 Å². The minimum atomic E-state index is -4.09. The van der Waals surface area contributed by atoms with Gasteiger partial charge in [0, 0.05) is 13.5 Å². The van der Waals surface area contributed by atoms with E-state index in [9.17, 15) is 12.8 Å². The average Bonchev–Trinajstić information content (AvgIpc) is 3.06. The molecule has 1 aliphatic rings. The molecule has 9 heteroatoms. The summed E-state index contributed by atoms with van der Waals surface area (Å²) in [5, 5.41) is 7.45. The molecule has 0 saturated carbocycles. The first-order valence-electron chi connectivity index (χ1n) is 6.67. The molecule has 1 aromatic heterocycles. The fraction of sp³-hybridized carbons (Fsp3) is 0.385. The van der Waals surface area contributed by atoms with E-state index < -0.39 is 26.8 Å². The molecule has 0 aliphatic carbocycles. The Bertz CT molecular complexity index is 788. The second kappa shape index (κ2) is 5.60. The van der Waals surface area contributed by atoms with E-state index in [0.717, 1.165) is 6.07 Å². The lowest BCUT2D eigenvalue weighted by Crippen LogP contribution is -2.31. The number of hydrogen-bond acceptors (Lipinski definition) is 5. The maximum Gasteiger partial charge on any atom is 0.248 e. The number of halogens is 2. The molecule has 1 atom stereocenters. The van der Waals surface area contributed by atoms with Crippen LogP contribution in [0.4, 0.5) is 4.39 Å². The van der Waals surface area contributed by atoms with Crippen molar-refractivity contribution in [2.75, 3.05) is 6.54 Å². The summed E-state index contributed by atoms with van der Waals surface area (Å²) in [6.45, 7) is 1.87. The molecular formula is C13H13ClFN3O3S. The fourth-order valence-corrected chi connectivity index (χ4v) is 4.79. The first kappa shape index (κ1) is 15.4. The van der Waals surface area contributed by atoms with Crippen molar-refractivity contribution in [3.8, 4) is 0 Å². The van der Waals surface area contributed by atoms with Crippen LogP contribution in [0.3, 0.4) is 0 Å². The molecular weight excluding hydrogens is 333 g/mol. The number of aromatic nitrogens is 2. The number of aryl methyl sites for hydroxylation is 1. The zero-order valence-electron chi connectivity index (χ0n) is 11.7. The van der Waals surface area contributed by atoms with E-state index in [0.29, 0.717) is 18.7 Å². The Morgan fingerprint density at radius 2 is 2.18 bits per heavy atom. The van der Waals surface area contributed by atoms with Gasteiger partial charge in [-0.25, -0.2) is 12.8 Å². The van der Waals surface area contributed by atoms with E-state index in [1.807, 2.05) is 0 Å². The van der Waals surface area contributed by atoms with Crippen LogP contribution in [0, 0.1) is 12.7 Å². The van der Waals surface area contributed by atoms with E-state index >= 15 is 0 Å². The summed E-state index contributed by atoms with van der Waals surface area (Å²) in [5.74, 6) is -0.311. The smallest absolute Gasteiger partial charge is 0.248 e. The third-order valence-corrected chi connectivity index (χ3v) is 5.93. The molecule has 1 saturated heterocycles. The number of hydrogen-bond donors (Lipinski definition) is 0. The lowest BCUT2D eigenvalue weighted by atomic mass is 10.2. The van der Waals surface area contributed by atoms with Gasteiger partial charge in [-0.15, -0.1) is 10.2 Å². The molecule has 1 aliphatic heterocycles. The van der Waals surface area contributed by atoms with Crippen LogP contribution in [-0.4, -0.2) is 29.5 Å². The Morgan fingerprint density at radius 1 is 1.41 bits per heavy atom. The van der Waals surface area contributed by atoms with Crippen LogP contribution in [-0.2, 0) is 10.0 Å². The highest BCUT2D eigenvalue weighted by Gasteiger charge is 2.41. The average molecular weight is 346 g/mol. The fourth-order valence-electron chi connectivity index (χ4n) is 2.57. The second-order valence-corrected chi connectivity index (χ2v) is 7.22. The summed E-state index contributed by atoms with van der Waals surface area (Å²) in [4.78, 5) is -0.514. The minimum Gasteiger partial charge on any atom is -0.424 e. The molecule has 0 spiro atoms. The van der Waals surface area contributed by atoms with Gasteiger partial charge < -0.3 is 4.42 Å². The van der Waals surface area contributed by atoms with Gasteiger partial charge >= 0.3 is 0 Å². The molecule has 1 aromatic carbocycles. The van der Waals surface area contributed by atoms with E-state index in [1.165, 1.54) is 16.4 Å². The molecule has 118 valence electrons. The molecule has 0 amide bonds. The molecule has 1 unspecified atom stereocenters. The van der Waals surface area contributed by atoms with E-state index in [2.05, 4.69) is 10.2 Å². The van der Waals surface area contributed by atoms with Gasteiger partial charge in [0.1, 0.15) is 16.8 Å². The molecule has 6 nitrogen and oxygen atoms in total. The minimum absolute atomic E-state index is 0.146. The van der Waals surface area contributed by atoms with Crippen molar-refractivity contribution < 1.29 is 17.2 Å². The van der Waals surface area contributed by atoms with Crippen LogP contribution in [0.2, 0.25) is 5.02 Å². The zero-order valence-corrected chi connectivity index (χ0v) is 13.2. The molecule has 3 rings (SSSR count). The molecule has 0 bridgehead atoms. The Hall–Kier alpha value is -1.51. The van der Waals surface area contributed by atoms with Crippen molar-refractivity contribution in [1.29, 1.82) is 0 Å². The lowest BCUT2D eigenvalue weighted by Gasteiger charge is -2.22. The van der Waals surface area contributed by atoms with Gasteiger partial charge in [-0.2, -0.15) is 4.31 Å². The van der Waals surface area contributed by atoms with Gasteiger partial charge in [0.15, 0.2) is 0 Å². The van der Waals surface area contributed by atoms with E-state index in [4.69, 9.17) is 16.0 Å². The van der Waals surface area contributed by atoms with Gasteiger partial charge in [-0.1, -0.05) is 17.7 Å². The van der Waals surface area contributed by atoms with Crippen molar-refractivity contribution in [2.24, 2.45) is 0 Å². The van der Waals surface area contributed by atoms with Gasteiger partial charge in [0.2, 0.25) is 21.8 Å². The second-order valence-electron chi connectivity index (χ2n) is 4.98. The Kier molecular flexibility index (Phi) is 3.92. The van der Waals surface area contributed by atoms with Gasteiger partial charge in [-0.05, 0) is 25.0 Å². The maximum atomic E-state index is 14.0. The SMILES string of the molecule is Cc1nnc(C2CCCN2S(=O)(=O)c2c(F)cccc2Cl)o1. The highest BCUT2D eigenvalue weighted by atomic mass is 35.5. The van der Waals surface area contributed by atoms with Gasteiger partial charge in [-0.3, -0.25) is 0 Å². The van der Waals surface area contributed by atoms with Crippen molar-refractivity contribution in [1.82, 2.24) is 14.5 Å². The Balaban J connectivity index is 2.05. The molecule has 0 radical (unpaired) electrons. The molecule has 22 heavy (non-hydrogen) atoms. The monoisotopic (exact) mass is 345 g/mol. The predicted molar refractivity (Wildman–Crippen MR) is 76.3 cm³/mol. The van der Waals surface area contributed by atoms with E-state index in [1.54, 1.807) is 6.92 Å². The van der Waals surface area contributed by atoms with Crippen LogP contribution < -0.4 is 0 Å². The van der Waals surface area contributed by atoms with Crippen molar-refractivity contribution in [3.63, 3.8) is 0 Å². The first-order valence-corrected chi connectivity index (χ1v) is 8.49. The highest BCUT2D eigenvalue weighted by Crippen LogP contribution is 2.38. The van der Waals surface area contributed by atoms with Crippen molar-refractivity contribution in [3.05, 3.63) is 40.8 Å². The quantitative estimate of drug-likeness (QED) is 0.854. The largest absolute Gasteiger partial charge is 0.424 e. The summed E-state index contributed by atoms with van der Waals surface area (Å²) in [6, 6.07) is 3.18.